The van der Waals surface area contributed by atoms with E-state index in [2.05, 4.69) is 38.3 Å². The Morgan fingerprint density at radius 2 is 1.33 bits per heavy atom. The van der Waals surface area contributed by atoms with E-state index in [4.69, 9.17) is 0 Å². The lowest BCUT2D eigenvalue weighted by Crippen LogP contribution is -2.38. The molecule has 1 aliphatic rings. The fraction of sp³-hybridized carbons (Fsp3) is 0.882. The molecule has 1 aliphatic carbocycles. The maximum absolute atomic E-state index is 12.1. The van der Waals surface area contributed by atoms with Crippen LogP contribution in [0.25, 0.3) is 0 Å². The van der Waals surface area contributed by atoms with E-state index < -0.39 is 0 Å². The number of carbonyl (C=O) groups excluding carboxylic acids is 2. The summed E-state index contributed by atoms with van der Waals surface area (Å²) in [5, 5.41) is 6.03. The van der Waals surface area contributed by atoms with Crippen LogP contribution in [0, 0.1) is 23.7 Å². The van der Waals surface area contributed by atoms with E-state index in [9.17, 15) is 9.59 Å². The molecule has 4 nitrogen and oxygen atoms in total. The van der Waals surface area contributed by atoms with Crippen molar-refractivity contribution in [3.63, 3.8) is 0 Å². The van der Waals surface area contributed by atoms with Gasteiger partial charge in [0.1, 0.15) is 0 Å². The number of amides is 2. The van der Waals surface area contributed by atoms with Crippen LogP contribution in [0.5, 0.6) is 0 Å². The highest BCUT2D eigenvalue weighted by atomic mass is 16.2. The quantitative estimate of drug-likeness (QED) is 0.759. The Kier molecular flexibility index (Phi) is 7.76. The summed E-state index contributed by atoms with van der Waals surface area (Å²) in [5.41, 5.74) is 0. The van der Waals surface area contributed by atoms with Crippen LogP contribution in [0.15, 0.2) is 0 Å². The van der Waals surface area contributed by atoms with E-state index in [0.29, 0.717) is 11.8 Å². The molecule has 1 saturated carbocycles. The fourth-order valence-corrected chi connectivity index (χ4v) is 2.70. The standard InChI is InChI=1S/C17H32N2O2/c1-12(2)9-10-18-16(20)14-5-7-15(8-6-14)17(21)19-11-13(3)4/h12-15H,5-11H2,1-4H3,(H,18,20)(H,19,21). The minimum absolute atomic E-state index is 0.100. The van der Waals surface area contributed by atoms with E-state index in [1.165, 1.54) is 0 Å². The van der Waals surface area contributed by atoms with Crippen molar-refractivity contribution in [3.8, 4) is 0 Å². The van der Waals surface area contributed by atoms with Crippen LogP contribution in [0.2, 0.25) is 0 Å². The molecule has 1 fully saturated rings. The monoisotopic (exact) mass is 296 g/mol. The van der Waals surface area contributed by atoms with E-state index >= 15 is 0 Å². The summed E-state index contributed by atoms with van der Waals surface area (Å²) in [6.07, 6.45) is 4.39. The molecule has 0 heterocycles. The van der Waals surface area contributed by atoms with Gasteiger partial charge in [-0.2, -0.15) is 0 Å². The molecule has 0 aliphatic heterocycles. The molecule has 0 radical (unpaired) electrons. The molecule has 0 bridgehead atoms. The molecule has 122 valence electrons. The number of rotatable bonds is 7. The first kappa shape index (κ1) is 18.0. The zero-order chi connectivity index (χ0) is 15.8. The molecule has 2 amide bonds. The van der Waals surface area contributed by atoms with Crippen LogP contribution in [0.3, 0.4) is 0 Å². The minimum atomic E-state index is 0.100. The first-order valence-corrected chi connectivity index (χ1v) is 8.45. The third-order valence-corrected chi connectivity index (χ3v) is 4.17. The highest BCUT2D eigenvalue weighted by Gasteiger charge is 2.29. The Morgan fingerprint density at radius 3 is 1.76 bits per heavy atom. The normalized spacial score (nSPS) is 22.4. The van der Waals surface area contributed by atoms with Gasteiger partial charge in [-0.15, -0.1) is 0 Å². The lowest BCUT2D eigenvalue weighted by molar-refractivity contribution is -0.130. The third-order valence-electron chi connectivity index (χ3n) is 4.17. The van der Waals surface area contributed by atoms with Crippen molar-refractivity contribution in [3.05, 3.63) is 0 Å². The van der Waals surface area contributed by atoms with Gasteiger partial charge in [0.05, 0.1) is 0 Å². The second kappa shape index (κ2) is 9.06. The second-order valence-corrected chi connectivity index (χ2v) is 7.16. The van der Waals surface area contributed by atoms with Crippen LogP contribution in [-0.2, 0) is 9.59 Å². The summed E-state index contributed by atoms with van der Waals surface area (Å²) in [6, 6.07) is 0. The van der Waals surface area contributed by atoms with E-state index in [0.717, 1.165) is 45.2 Å². The van der Waals surface area contributed by atoms with Crippen molar-refractivity contribution < 1.29 is 9.59 Å². The fourth-order valence-electron chi connectivity index (χ4n) is 2.70. The molecule has 0 spiro atoms. The summed E-state index contributed by atoms with van der Waals surface area (Å²) in [4.78, 5) is 24.1. The van der Waals surface area contributed by atoms with Gasteiger partial charge in [-0.1, -0.05) is 27.7 Å². The number of carbonyl (C=O) groups is 2. The Hall–Kier alpha value is -1.06. The molecule has 0 aromatic heterocycles. The SMILES string of the molecule is CC(C)CCNC(=O)C1CCC(C(=O)NCC(C)C)CC1. The van der Waals surface area contributed by atoms with Crippen LogP contribution in [-0.4, -0.2) is 24.9 Å². The van der Waals surface area contributed by atoms with Gasteiger partial charge in [0.2, 0.25) is 11.8 Å². The van der Waals surface area contributed by atoms with Crippen LogP contribution >= 0.6 is 0 Å². The van der Waals surface area contributed by atoms with Crippen LogP contribution in [0.4, 0.5) is 0 Å². The van der Waals surface area contributed by atoms with Gasteiger partial charge in [-0.25, -0.2) is 0 Å². The van der Waals surface area contributed by atoms with E-state index in [1.807, 2.05) is 0 Å². The highest BCUT2D eigenvalue weighted by molar-refractivity contribution is 5.81. The Morgan fingerprint density at radius 1 is 0.857 bits per heavy atom. The summed E-state index contributed by atoms with van der Waals surface area (Å²) in [7, 11) is 0. The van der Waals surface area contributed by atoms with Gasteiger partial charge < -0.3 is 10.6 Å². The summed E-state index contributed by atoms with van der Waals surface area (Å²) in [6.45, 7) is 10.0. The molecular weight excluding hydrogens is 264 g/mol. The summed E-state index contributed by atoms with van der Waals surface area (Å²) < 4.78 is 0. The van der Waals surface area contributed by atoms with Crippen LogP contribution in [0.1, 0.15) is 59.8 Å². The van der Waals surface area contributed by atoms with Gasteiger partial charge in [-0.05, 0) is 43.9 Å². The maximum Gasteiger partial charge on any atom is 0.223 e. The Balaban J connectivity index is 2.25. The molecule has 4 heteroatoms. The predicted octanol–water partition coefficient (Wildman–Crippen LogP) is 2.73. The first-order valence-electron chi connectivity index (χ1n) is 8.45. The highest BCUT2D eigenvalue weighted by Crippen LogP contribution is 2.29. The zero-order valence-corrected chi connectivity index (χ0v) is 14.1. The molecule has 0 atom stereocenters. The molecule has 1 rings (SSSR count). The molecule has 0 aromatic rings. The van der Waals surface area contributed by atoms with E-state index in [-0.39, 0.29) is 23.7 Å². The number of hydrogen-bond donors (Lipinski definition) is 2. The summed E-state index contributed by atoms with van der Waals surface area (Å²) in [5.74, 6) is 1.65. The van der Waals surface area contributed by atoms with Gasteiger partial charge in [-0.3, -0.25) is 9.59 Å². The van der Waals surface area contributed by atoms with Crippen molar-refractivity contribution >= 4 is 11.8 Å². The molecule has 21 heavy (non-hydrogen) atoms. The van der Waals surface area contributed by atoms with Crippen molar-refractivity contribution in [2.45, 2.75) is 59.8 Å². The Bertz CT molecular complexity index is 332. The van der Waals surface area contributed by atoms with Crippen molar-refractivity contribution in [1.82, 2.24) is 10.6 Å². The molecule has 2 N–H and O–H groups in total. The van der Waals surface area contributed by atoms with Gasteiger partial charge in [0, 0.05) is 24.9 Å². The second-order valence-electron chi connectivity index (χ2n) is 7.16. The van der Waals surface area contributed by atoms with Gasteiger partial charge >= 0.3 is 0 Å². The molecule has 0 unspecified atom stereocenters. The Labute approximate surface area is 129 Å². The first-order chi connectivity index (χ1) is 9.90. The van der Waals surface area contributed by atoms with Crippen molar-refractivity contribution in [2.75, 3.05) is 13.1 Å². The smallest absolute Gasteiger partial charge is 0.223 e. The number of hydrogen-bond acceptors (Lipinski definition) is 2. The van der Waals surface area contributed by atoms with E-state index in [1.54, 1.807) is 0 Å². The van der Waals surface area contributed by atoms with Gasteiger partial charge in [0.15, 0.2) is 0 Å². The lowest BCUT2D eigenvalue weighted by Gasteiger charge is -2.27. The van der Waals surface area contributed by atoms with Crippen molar-refractivity contribution in [2.24, 2.45) is 23.7 Å². The molecule has 0 saturated heterocycles. The largest absolute Gasteiger partial charge is 0.356 e. The third kappa shape index (κ3) is 6.96. The lowest BCUT2D eigenvalue weighted by atomic mass is 9.81. The average Bonchev–Trinajstić information content (AvgIpc) is 2.44. The van der Waals surface area contributed by atoms with Crippen molar-refractivity contribution in [1.29, 1.82) is 0 Å². The predicted molar refractivity (Wildman–Crippen MR) is 85.8 cm³/mol. The zero-order valence-electron chi connectivity index (χ0n) is 14.1. The minimum Gasteiger partial charge on any atom is -0.356 e. The molecule has 0 aromatic carbocycles. The van der Waals surface area contributed by atoms with Crippen LogP contribution < -0.4 is 10.6 Å². The molecular formula is C17H32N2O2. The topological polar surface area (TPSA) is 58.2 Å². The average molecular weight is 296 g/mol. The number of nitrogens with one attached hydrogen (secondary N) is 2. The summed E-state index contributed by atoms with van der Waals surface area (Å²) >= 11 is 0. The maximum atomic E-state index is 12.1. The van der Waals surface area contributed by atoms with Gasteiger partial charge in [0.25, 0.3) is 0 Å².